The average Bonchev–Trinajstić information content (AvgIpc) is 2.62. The number of para-hydroxylation sites is 1. The molecule has 2 aromatic carbocycles. The third-order valence-electron chi connectivity index (χ3n) is 5.07. The fraction of sp³-hybridized carbons (Fsp3) is 0.409. The summed E-state index contributed by atoms with van der Waals surface area (Å²) in [4.78, 5) is 14.6. The fourth-order valence-electron chi connectivity index (χ4n) is 3.50. The van der Waals surface area contributed by atoms with Crippen molar-refractivity contribution in [3.8, 4) is 0 Å². The SMILES string of the molecule is Cc1ccc(CC(=O)NCCCN2CCCc3ccccc32)cc1C. The van der Waals surface area contributed by atoms with Gasteiger partial charge < -0.3 is 10.2 Å². The number of carbonyl (C=O) groups excluding carboxylic acids is 1. The van der Waals surface area contributed by atoms with E-state index in [4.69, 9.17) is 0 Å². The summed E-state index contributed by atoms with van der Waals surface area (Å²) < 4.78 is 0. The van der Waals surface area contributed by atoms with Gasteiger partial charge in [-0.1, -0.05) is 36.4 Å². The molecule has 3 nitrogen and oxygen atoms in total. The number of nitrogens with one attached hydrogen (secondary N) is 1. The average molecular weight is 336 g/mol. The highest BCUT2D eigenvalue weighted by atomic mass is 16.1. The Hall–Kier alpha value is -2.29. The Morgan fingerprint density at radius 2 is 1.96 bits per heavy atom. The number of anilines is 1. The summed E-state index contributed by atoms with van der Waals surface area (Å²) in [5.41, 5.74) is 6.42. The first-order chi connectivity index (χ1) is 12.1. The molecule has 1 amide bonds. The van der Waals surface area contributed by atoms with E-state index in [0.29, 0.717) is 6.42 Å². The second-order valence-corrected chi connectivity index (χ2v) is 7.02. The van der Waals surface area contributed by atoms with Crippen molar-refractivity contribution < 1.29 is 4.79 Å². The van der Waals surface area contributed by atoms with Crippen LogP contribution in [0.5, 0.6) is 0 Å². The fourth-order valence-corrected chi connectivity index (χ4v) is 3.50. The zero-order chi connectivity index (χ0) is 17.6. The van der Waals surface area contributed by atoms with Gasteiger partial charge in [0.1, 0.15) is 0 Å². The van der Waals surface area contributed by atoms with E-state index in [-0.39, 0.29) is 5.91 Å². The van der Waals surface area contributed by atoms with Crippen LogP contribution in [0, 0.1) is 13.8 Å². The first-order valence-corrected chi connectivity index (χ1v) is 9.29. The lowest BCUT2D eigenvalue weighted by Gasteiger charge is -2.31. The third kappa shape index (κ3) is 4.62. The normalized spacial score (nSPS) is 13.4. The molecule has 0 atom stereocenters. The molecule has 0 radical (unpaired) electrons. The summed E-state index contributed by atoms with van der Waals surface area (Å²) in [5, 5.41) is 3.06. The smallest absolute Gasteiger partial charge is 0.224 e. The van der Waals surface area contributed by atoms with Gasteiger partial charge in [0.15, 0.2) is 0 Å². The van der Waals surface area contributed by atoms with Gasteiger partial charge in [0.05, 0.1) is 6.42 Å². The summed E-state index contributed by atoms with van der Waals surface area (Å²) in [6, 6.07) is 14.9. The number of carbonyl (C=O) groups is 1. The van der Waals surface area contributed by atoms with Crippen LogP contribution in [0.15, 0.2) is 42.5 Å². The molecule has 3 heteroatoms. The van der Waals surface area contributed by atoms with Gasteiger partial charge in [-0.15, -0.1) is 0 Å². The Kier molecular flexibility index (Phi) is 5.75. The van der Waals surface area contributed by atoms with Gasteiger partial charge in [-0.25, -0.2) is 0 Å². The van der Waals surface area contributed by atoms with Crippen molar-refractivity contribution in [3.63, 3.8) is 0 Å². The van der Waals surface area contributed by atoms with E-state index in [1.165, 1.54) is 35.2 Å². The molecule has 0 fully saturated rings. The molecule has 0 saturated heterocycles. The van der Waals surface area contributed by atoms with Gasteiger partial charge in [-0.05, 0) is 61.4 Å². The molecular formula is C22H28N2O. The van der Waals surface area contributed by atoms with E-state index in [0.717, 1.165) is 31.6 Å². The van der Waals surface area contributed by atoms with E-state index in [9.17, 15) is 4.79 Å². The first kappa shape index (κ1) is 17.5. The number of nitrogens with zero attached hydrogens (tertiary/aromatic N) is 1. The van der Waals surface area contributed by atoms with Gasteiger partial charge in [0.25, 0.3) is 0 Å². The number of rotatable bonds is 6. The minimum absolute atomic E-state index is 0.113. The van der Waals surface area contributed by atoms with Crippen LogP contribution in [-0.4, -0.2) is 25.5 Å². The van der Waals surface area contributed by atoms with E-state index >= 15 is 0 Å². The standard InChI is InChI=1S/C22H28N2O/c1-17-10-11-19(15-18(17)2)16-22(25)23-12-6-14-24-13-5-8-20-7-3-4-9-21(20)24/h3-4,7,9-11,15H,5-6,8,12-14,16H2,1-2H3,(H,23,25). The van der Waals surface area contributed by atoms with Crippen LogP contribution in [0.2, 0.25) is 0 Å². The molecule has 0 saturated carbocycles. The molecule has 1 aliphatic heterocycles. The van der Waals surface area contributed by atoms with Gasteiger partial charge in [0, 0.05) is 25.3 Å². The van der Waals surface area contributed by atoms with Crippen molar-refractivity contribution in [2.45, 2.75) is 39.5 Å². The summed E-state index contributed by atoms with van der Waals surface area (Å²) >= 11 is 0. The van der Waals surface area contributed by atoms with E-state index in [1.807, 2.05) is 6.07 Å². The second-order valence-electron chi connectivity index (χ2n) is 7.02. The molecule has 1 heterocycles. The number of fused-ring (bicyclic) bond motifs is 1. The Labute approximate surface area is 151 Å². The van der Waals surface area contributed by atoms with Crippen molar-refractivity contribution in [2.24, 2.45) is 0 Å². The Bertz CT molecular complexity index is 739. The van der Waals surface area contributed by atoms with Crippen LogP contribution < -0.4 is 10.2 Å². The highest BCUT2D eigenvalue weighted by Gasteiger charge is 2.15. The molecule has 1 aliphatic rings. The lowest BCUT2D eigenvalue weighted by Crippen LogP contribution is -2.33. The molecule has 25 heavy (non-hydrogen) atoms. The van der Waals surface area contributed by atoms with Gasteiger partial charge >= 0.3 is 0 Å². The minimum Gasteiger partial charge on any atom is -0.371 e. The molecule has 0 bridgehead atoms. The highest BCUT2D eigenvalue weighted by molar-refractivity contribution is 5.78. The number of amides is 1. The van der Waals surface area contributed by atoms with Crippen molar-refractivity contribution >= 4 is 11.6 Å². The predicted octanol–water partition coefficient (Wildman–Crippen LogP) is 3.81. The summed E-state index contributed by atoms with van der Waals surface area (Å²) in [6.07, 6.45) is 3.84. The Morgan fingerprint density at radius 1 is 1.12 bits per heavy atom. The van der Waals surface area contributed by atoms with Crippen LogP contribution in [0.3, 0.4) is 0 Å². The van der Waals surface area contributed by atoms with E-state index < -0.39 is 0 Å². The molecule has 132 valence electrons. The summed E-state index contributed by atoms with van der Waals surface area (Å²) in [5.74, 6) is 0.113. The van der Waals surface area contributed by atoms with Crippen LogP contribution in [0.25, 0.3) is 0 Å². The molecule has 0 aromatic heterocycles. The molecule has 1 N–H and O–H groups in total. The predicted molar refractivity (Wildman–Crippen MR) is 104 cm³/mol. The zero-order valence-corrected chi connectivity index (χ0v) is 15.3. The van der Waals surface area contributed by atoms with Crippen LogP contribution in [-0.2, 0) is 17.6 Å². The van der Waals surface area contributed by atoms with Crippen LogP contribution >= 0.6 is 0 Å². The Balaban J connectivity index is 1.43. The first-order valence-electron chi connectivity index (χ1n) is 9.29. The lowest BCUT2D eigenvalue weighted by molar-refractivity contribution is -0.120. The van der Waals surface area contributed by atoms with Gasteiger partial charge in [-0.2, -0.15) is 0 Å². The molecule has 0 spiro atoms. The van der Waals surface area contributed by atoms with Crippen molar-refractivity contribution in [1.82, 2.24) is 5.32 Å². The van der Waals surface area contributed by atoms with Crippen molar-refractivity contribution in [3.05, 3.63) is 64.7 Å². The summed E-state index contributed by atoms with van der Waals surface area (Å²) in [7, 11) is 0. The van der Waals surface area contributed by atoms with E-state index in [1.54, 1.807) is 0 Å². The maximum absolute atomic E-state index is 12.1. The molecule has 0 aliphatic carbocycles. The number of aryl methyl sites for hydroxylation is 3. The quantitative estimate of drug-likeness (QED) is 0.814. The maximum Gasteiger partial charge on any atom is 0.224 e. The number of hydrogen-bond acceptors (Lipinski definition) is 2. The highest BCUT2D eigenvalue weighted by Crippen LogP contribution is 2.26. The second kappa shape index (κ2) is 8.19. The number of benzene rings is 2. The van der Waals surface area contributed by atoms with E-state index in [2.05, 4.69) is 60.5 Å². The third-order valence-corrected chi connectivity index (χ3v) is 5.07. The Morgan fingerprint density at radius 3 is 2.80 bits per heavy atom. The van der Waals surface area contributed by atoms with Gasteiger partial charge in [0.2, 0.25) is 5.91 Å². The molecule has 3 rings (SSSR count). The minimum atomic E-state index is 0.113. The van der Waals surface area contributed by atoms with Gasteiger partial charge in [-0.3, -0.25) is 4.79 Å². The maximum atomic E-state index is 12.1. The molecular weight excluding hydrogens is 308 g/mol. The van der Waals surface area contributed by atoms with Crippen LogP contribution in [0.4, 0.5) is 5.69 Å². The summed E-state index contributed by atoms with van der Waals surface area (Å²) in [6.45, 7) is 7.04. The van der Waals surface area contributed by atoms with Crippen LogP contribution in [0.1, 0.15) is 35.1 Å². The lowest BCUT2D eigenvalue weighted by atomic mass is 10.0. The number of hydrogen-bond donors (Lipinski definition) is 1. The monoisotopic (exact) mass is 336 g/mol. The topological polar surface area (TPSA) is 32.3 Å². The zero-order valence-electron chi connectivity index (χ0n) is 15.3. The molecule has 0 unspecified atom stereocenters. The molecule has 2 aromatic rings. The van der Waals surface area contributed by atoms with Crippen molar-refractivity contribution in [1.29, 1.82) is 0 Å². The van der Waals surface area contributed by atoms with Crippen molar-refractivity contribution in [2.75, 3.05) is 24.5 Å². The largest absolute Gasteiger partial charge is 0.371 e.